The average Bonchev–Trinajstić information content (AvgIpc) is 2.94. The summed E-state index contributed by atoms with van der Waals surface area (Å²) in [6.07, 6.45) is 0. The van der Waals surface area contributed by atoms with E-state index in [0.29, 0.717) is 5.02 Å². The van der Waals surface area contributed by atoms with Crippen molar-refractivity contribution in [2.45, 2.75) is 10.9 Å². The Labute approximate surface area is 144 Å². The van der Waals surface area contributed by atoms with Gasteiger partial charge in [-0.2, -0.15) is 0 Å². The summed E-state index contributed by atoms with van der Waals surface area (Å²) in [7, 11) is 3.62. The lowest BCUT2D eigenvalue weighted by atomic mass is 10.2. The fourth-order valence-corrected chi connectivity index (χ4v) is 3.30. The van der Waals surface area contributed by atoms with Crippen molar-refractivity contribution in [3.05, 3.63) is 59.1 Å². The topological polar surface area (TPSA) is 39.9 Å². The summed E-state index contributed by atoms with van der Waals surface area (Å²) in [5, 5.41) is 10.1. The van der Waals surface area contributed by atoms with Gasteiger partial charge in [-0.15, -0.1) is 10.2 Å². The first-order valence-corrected chi connectivity index (χ1v) is 8.45. The number of hydrogen-bond acceptors (Lipinski definition) is 4. The van der Waals surface area contributed by atoms with Crippen LogP contribution in [0.15, 0.2) is 53.7 Å². The smallest absolute Gasteiger partial charge is 0.191 e. The molecular weight excluding hydrogens is 330 g/mol. The molecule has 3 aromatic rings. The molecule has 2 aromatic carbocycles. The van der Waals surface area contributed by atoms with E-state index in [1.807, 2.05) is 54.1 Å². The summed E-state index contributed by atoms with van der Waals surface area (Å²) in [5.74, 6) is 2.42. The van der Waals surface area contributed by atoms with Gasteiger partial charge in [-0.05, 0) is 29.8 Å². The van der Waals surface area contributed by atoms with E-state index in [-0.39, 0.29) is 0 Å². The fourth-order valence-electron chi connectivity index (χ4n) is 2.23. The first-order valence-electron chi connectivity index (χ1n) is 7.09. The van der Waals surface area contributed by atoms with Crippen molar-refractivity contribution in [3.8, 4) is 17.1 Å². The molecule has 23 heavy (non-hydrogen) atoms. The summed E-state index contributed by atoms with van der Waals surface area (Å²) in [6, 6.07) is 15.7. The van der Waals surface area contributed by atoms with E-state index in [2.05, 4.69) is 16.3 Å². The molecule has 0 aliphatic rings. The standard InChI is InChI=1S/C17H16ClN3OS/c1-21-16(14-8-3-4-9-15(14)18)19-20-17(21)23-11-12-6-5-7-13(10-12)22-2/h3-10H,11H2,1-2H3. The minimum Gasteiger partial charge on any atom is -0.497 e. The molecule has 0 aliphatic heterocycles. The number of ether oxygens (including phenoxy) is 1. The van der Waals surface area contributed by atoms with Crippen molar-refractivity contribution in [1.29, 1.82) is 0 Å². The lowest BCUT2D eigenvalue weighted by Gasteiger charge is -2.06. The van der Waals surface area contributed by atoms with Crippen LogP contribution in [0, 0.1) is 0 Å². The molecule has 0 amide bonds. The van der Waals surface area contributed by atoms with Crippen LogP contribution in [0.1, 0.15) is 5.56 Å². The van der Waals surface area contributed by atoms with Gasteiger partial charge in [-0.1, -0.05) is 47.6 Å². The molecule has 0 aliphatic carbocycles. The van der Waals surface area contributed by atoms with E-state index in [1.165, 1.54) is 5.56 Å². The maximum absolute atomic E-state index is 6.24. The molecule has 0 saturated carbocycles. The molecular formula is C17H16ClN3OS. The molecule has 6 heteroatoms. The molecule has 1 heterocycles. The Morgan fingerprint density at radius 1 is 1.13 bits per heavy atom. The first-order chi connectivity index (χ1) is 11.2. The molecule has 0 bridgehead atoms. The number of halogens is 1. The van der Waals surface area contributed by atoms with E-state index in [0.717, 1.165) is 28.0 Å². The highest BCUT2D eigenvalue weighted by Crippen LogP contribution is 2.29. The van der Waals surface area contributed by atoms with Crippen LogP contribution in [0.2, 0.25) is 5.02 Å². The molecule has 0 spiro atoms. The van der Waals surface area contributed by atoms with Crippen LogP contribution in [0.4, 0.5) is 0 Å². The zero-order valence-electron chi connectivity index (χ0n) is 12.9. The van der Waals surface area contributed by atoms with Gasteiger partial charge in [0.05, 0.1) is 12.1 Å². The number of benzene rings is 2. The van der Waals surface area contributed by atoms with Crippen molar-refractivity contribution in [3.63, 3.8) is 0 Å². The van der Waals surface area contributed by atoms with E-state index in [4.69, 9.17) is 16.3 Å². The average molecular weight is 346 g/mol. The number of rotatable bonds is 5. The molecule has 3 rings (SSSR count). The fraction of sp³-hybridized carbons (Fsp3) is 0.176. The molecule has 0 atom stereocenters. The third-order valence-corrected chi connectivity index (χ3v) is 4.87. The minimum absolute atomic E-state index is 0.673. The van der Waals surface area contributed by atoms with Crippen molar-refractivity contribution in [2.75, 3.05) is 7.11 Å². The van der Waals surface area contributed by atoms with Gasteiger partial charge in [-0.25, -0.2) is 0 Å². The third-order valence-electron chi connectivity index (χ3n) is 3.45. The maximum Gasteiger partial charge on any atom is 0.191 e. The predicted molar refractivity (Wildman–Crippen MR) is 94.0 cm³/mol. The molecule has 0 saturated heterocycles. The molecule has 0 N–H and O–H groups in total. The second kappa shape index (κ2) is 7.06. The quantitative estimate of drug-likeness (QED) is 0.641. The zero-order chi connectivity index (χ0) is 16.2. The molecule has 0 fully saturated rings. The van der Waals surface area contributed by atoms with E-state index >= 15 is 0 Å². The number of aromatic nitrogens is 3. The number of thioether (sulfide) groups is 1. The molecule has 1 aromatic heterocycles. The number of nitrogens with zero attached hydrogens (tertiary/aromatic N) is 3. The van der Waals surface area contributed by atoms with Gasteiger partial charge in [0.1, 0.15) is 5.75 Å². The Morgan fingerprint density at radius 2 is 1.96 bits per heavy atom. The summed E-state index contributed by atoms with van der Waals surface area (Å²) in [4.78, 5) is 0. The lowest BCUT2D eigenvalue weighted by Crippen LogP contribution is -1.95. The van der Waals surface area contributed by atoms with Crippen LogP contribution in [0.3, 0.4) is 0 Å². The van der Waals surface area contributed by atoms with Crippen LogP contribution in [0.25, 0.3) is 11.4 Å². The third kappa shape index (κ3) is 3.51. The van der Waals surface area contributed by atoms with E-state index in [1.54, 1.807) is 18.9 Å². The molecule has 0 unspecified atom stereocenters. The minimum atomic E-state index is 0.673. The summed E-state index contributed by atoms with van der Waals surface area (Å²) in [5.41, 5.74) is 2.06. The SMILES string of the molecule is COc1cccc(CSc2nnc(-c3ccccc3Cl)n2C)c1. The van der Waals surface area contributed by atoms with Crippen molar-refractivity contribution < 1.29 is 4.74 Å². The van der Waals surface area contributed by atoms with Gasteiger partial charge in [0.15, 0.2) is 11.0 Å². The lowest BCUT2D eigenvalue weighted by molar-refractivity contribution is 0.414. The molecule has 4 nitrogen and oxygen atoms in total. The van der Waals surface area contributed by atoms with Crippen LogP contribution in [-0.2, 0) is 12.8 Å². The highest BCUT2D eigenvalue weighted by atomic mass is 35.5. The van der Waals surface area contributed by atoms with Gasteiger partial charge < -0.3 is 9.30 Å². The highest BCUT2D eigenvalue weighted by molar-refractivity contribution is 7.98. The van der Waals surface area contributed by atoms with Crippen molar-refractivity contribution in [1.82, 2.24) is 14.8 Å². The van der Waals surface area contributed by atoms with Crippen LogP contribution < -0.4 is 4.74 Å². The van der Waals surface area contributed by atoms with Crippen LogP contribution in [-0.4, -0.2) is 21.9 Å². The zero-order valence-corrected chi connectivity index (χ0v) is 14.4. The normalized spacial score (nSPS) is 10.7. The van der Waals surface area contributed by atoms with Gasteiger partial charge in [0.25, 0.3) is 0 Å². The monoisotopic (exact) mass is 345 g/mol. The summed E-state index contributed by atoms with van der Waals surface area (Å²) >= 11 is 7.88. The van der Waals surface area contributed by atoms with Crippen molar-refractivity contribution >= 4 is 23.4 Å². The maximum atomic E-state index is 6.24. The highest BCUT2D eigenvalue weighted by Gasteiger charge is 2.13. The Hall–Kier alpha value is -1.98. The Balaban J connectivity index is 1.78. The second-order valence-corrected chi connectivity index (χ2v) is 6.33. The van der Waals surface area contributed by atoms with Gasteiger partial charge in [0.2, 0.25) is 0 Å². The van der Waals surface area contributed by atoms with Gasteiger partial charge in [-0.3, -0.25) is 0 Å². The van der Waals surface area contributed by atoms with E-state index in [9.17, 15) is 0 Å². The van der Waals surface area contributed by atoms with Gasteiger partial charge in [0, 0.05) is 18.4 Å². The Kier molecular flexibility index (Phi) is 4.88. The van der Waals surface area contributed by atoms with Crippen molar-refractivity contribution in [2.24, 2.45) is 7.05 Å². The van der Waals surface area contributed by atoms with Gasteiger partial charge >= 0.3 is 0 Å². The second-order valence-electron chi connectivity index (χ2n) is 4.99. The largest absolute Gasteiger partial charge is 0.497 e. The van der Waals surface area contributed by atoms with Crippen LogP contribution in [0.5, 0.6) is 5.75 Å². The summed E-state index contributed by atoms with van der Waals surface area (Å²) in [6.45, 7) is 0. The Bertz CT molecular complexity index is 819. The van der Waals surface area contributed by atoms with E-state index < -0.39 is 0 Å². The summed E-state index contributed by atoms with van der Waals surface area (Å²) < 4.78 is 7.21. The number of methoxy groups -OCH3 is 1. The molecule has 118 valence electrons. The number of hydrogen-bond donors (Lipinski definition) is 0. The predicted octanol–water partition coefficient (Wildman–Crippen LogP) is 4.44. The molecule has 0 radical (unpaired) electrons. The first kappa shape index (κ1) is 15.9. The Morgan fingerprint density at radius 3 is 2.74 bits per heavy atom. The van der Waals surface area contributed by atoms with Crippen LogP contribution >= 0.6 is 23.4 Å².